The number of hydrogen-bond donors (Lipinski definition) is 1. The zero-order valence-electron chi connectivity index (χ0n) is 13.7. The fourth-order valence-electron chi connectivity index (χ4n) is 2.46. The van der Waals surface area contributed by atoms with Crippen LogP contribution >= 0.6 is 0 Å². The summed E-state index contributed by atoms with van der Waals surface area (Å²) in [5.74, 6) is -0.835. The van der Waals surface area contributed by atoms with Gasteiger partial charge in [0.25, 0.3) is 0 Å². The molecular formula is C17H27F2NO. The van der Waals surface area contributed by atoms with Gasteiger partial charge in [-0.1, -0.05) is 27.7 Å². The van der Waals surface area contributed by atoms with Crippen LogP contribution in [-0.4, -0.2) is 19.3 Å². The standard InChI is InChI=1S/C17H27F2NO/c1-6-10-20-15(16(21-7-2)17(3,4)5)13-11-12(18)8-9-14(13)19/h8-9,11,15-16,20H,6-7,10H2,1-5H3. The number of benzene rings is 1. The van der Waals surface area contributed by atoms with Crippen molar-refractivity contribution in [3.8, 4) is 0 Å². The monoisotopic (exact) mass is 299 g/mol. The lowest BCUT2D eigenvalue weighted by Gasteiger charge is -2.37. The van der Waals surface area contributed by atoms with E-state index in [-0.39, 0.29) is 17.6 Å². The number of ether oxygens (including phenoxy) is 1. The molecule has 0 saturated heterocycles. The Morgan fingerprint density at radius 3 is 2.38 bits per heavy atom. The average Bonchev–Trinajstić information content (AvgIpc) is 2.40. The van der Waals surface area contributed by atoms with E-state index in [9.17, 15) is 8.78 Å². The van der Waals surface area contributed by atoms with Crippen molar-refractivity contribution in [2.45, 2.75) is 53.2 Å². The highest BCUT2D eigenvalue weighted by molar-refractivity contribution is 5.24. The van der Waals surface area contributed by atoms with Crippen LogP contribution in [-0.2, 0) is 4.74 Å². The lowest BCUT2D eigenvalue weighted by molar-refractivity contribution is -0.0373. The van der Waals surface area contributed by atoms with Gasteiger partial charge in [0.2, 0.25) is 0 Å². The van der Waals surface area contributed by atoms with E-state index in [2.05, 4.69) is 5.32 Å². The number of hydrogen-bond acceptors (Lipinski definition) is 2. The summed E-state index contributed by atoms with van der Waals surface area (Å²) in [7, 11) is 0. The van der Waals surface area contributed by atoms with Crippen LogP contribution < -0.4 is 5.32 Å². The van der Waals surface area contributed by atoms with E-state index in [1.807, 2.05) is 34.6 Å². The molecule has 1 aromatic carbocycles. The SMILES string of the molecule is CCCNC(c1cc(F)ccc1F)C(OCC)C(C)(C)C. The summed E-state index contributed by atoms with van der Waals surface area (Å²) in [6.07, 6.45) is 0.668. The van der Waals surface area contributed by atoms with Crippen molar-refractivity contribution >= 4 is 0 Å². The molecular weight excluding hydrogens is 272 g/mol. The molecule has 0 aromatic heterocycles. The maximum atomic E-state index is 14.2. The minimum absolute atomic E-state index is 0.194. The van der Waals surface area contributed by atoms with Gasteiger partial charge in [-0.05, 0) is 43.5 Å². The van der Waals surface area contributed by atoms with Crippen LogP contribution in [0.2, 0.25) is 0 Å². The smallest absolute Gasteiger partial charge is 0.128 e. The molecule has 21 heavy (non-hydrogen) atoms. The molecule has 4 heteroatoms. The van der Waals surface area contributed by atoms with E-state index in [4.69, 9.17) is 4.74 Å². The van der Waals surface area contributed by atoms with Crippen molar-refractivity contribution in [2.75, 3.05) is 13.2 Å². The Bertz CT molecular complexity index is 443. The fourth-order valence-corrected chi connectivity index (χ4v) is 2.46. The molecule has 0 radical (unpaired) electrons. The second-order valence-corrected chi connectivity index (χ2v) is 6.34. The van der Waals surface area contributed by atoms with E-state index in [0.717, 1.165) is 19.0 Å². The summed E-state index contributed by atoms with van der Waals surface area (Å²) in [4.78, 5) is 0. The predicted molar refractivity (Wildman–Crippen MR) is 82.3 cm³/mol. The first-order valence-electron chi connectivity index (χ1n) is 7.61. The molecule has 0 fully saturated rings. The Balaban J connectivity index is 3.22. The van der Waals surface area contributed by atoms with E-state index < -0.39 is 11.6 Å². The first kappa shape index (κ1) is 18.1. The van der Waals surface area contributed by atoms with Crippen molar-refractivity contribution < 1.29 is 13.5 Å². The minimum Gasteiger partial charge on any atom is -0.376 e. The lowest BCUT2D eigenvalue weighted by atomic mass is 9.81. The molecule has 0 heterocycles. The van der Waals surface area contributed by atoms with E-state index in [1.165, 1.54) is 12.1 Å². The summed E-state index contributed by atoms with van der Waals surface area (Å²) < 4.78 is 33.6. The van der Waals surface area contributed by atoms with E-state index in [0.29, 0.717) is 12.2 Å². The summed E-state index contributed by atoms with van der Waals surface area (Å²) >= 11 is 0. The Hall–Kier alpha value is -1.00. The molecule has 1 rings (SSSR count). The second kappa shape index (κ2) is 7.85. The molecule has 0 bridgehead atoms. The summed E-state index contributed by atoms with van der Waals surface area (Å²) in [5.41, 5.74) is 0.136. The van der Waals surface area contributed by atoms with E-state index >= 15 is 0 Å². The molecule has 0 aliphatic heterocycles. The molecule has 0 amide bonds. The average molecular weight is 299 g/mol. The lowest BCUT2D eigenvalue weighted by Crippen LogP contribution is -2.42. The van der Waals surface area contributed by atoms with Crippen LogP contribution in [0.15, 0.2) is 18.2 Å². The summed E-state index contributed by atoms with van der Waals surface area (Å²) in [5, 5.41) is 3.31. The largest absolute Gasteiger partial charge is 0.376 e. The Kier molecular flexibility index (Phi) is 6.75. The van der Waals surface area contributed by atoms with Crippen LogP contribution in [0.3, 0.4) is 0 Å². The van der Waals surface area contributed by atoms with Gasteiger partial charge in [-0.25, -0.2) is 8.78 Å². The van der Waals surface area contributed by atoms with Gasteiger partial charge in [-0.3, -0.25) is 0 Å². The molecule has 0 saturated carbocycles. The Morgan fingerprint density at radius 2 is 1.86 bits per heavy atom. The summed E-state index contributed by atoms with van der Waals surface area (Å²) in [6.45, 7) is 11.3. The Morgan fingerprint density at radius 1 is 1.19 bits per heavy atom. The van der Waals surface area contributed by atoms with Crippen molar-refractivity contribution in [1.29, 1.82) is 0 Å². The van der Waals surface area contributed by atoms with Crippen LogP contribution in [0.1, 0.15) is 52.6 Å². The highest BCUT2D eigenvalue weighted by atomic mass is 19.1. The van der Waals surface area contributed by atoms with Gasteiger partial charge in [0.15, 0.2) is 0 Å². The normalized spacial score (nSPS) is 15.0. The fraction of sp³-hybridized carbons (Fsp3) is 0.647. The van der Waals surface area contributed by atoms with Gasteiger partial charge < -0.3 is 10.1 Å². The van der Waals surface area contributed by atoms with Crippen LogP contribution in [0.5, 0.6) is 0 Å². The number of rotatable bonds is 7. The van der Waals surface area contributed by atoms with Crippen molar-refractivity contribution in [2.24, 2.45) is 5.41 Å². The topological polar surface area (TPSA) is 21.3 Å². The zero-order valence-corrected chi connectivity index (χ0v) is 13.7. The van der Waals surface area contributed by atoms with Crippen molar-refractivity contribution in [1.82, 2.24) is 5.32 Å². The highest BCUT2D eigenvalue weighted by Gasteiger charge is 2.35. The van der Waals surface area contributed by atoms with Crippen LogP contribution in [0, 0.1) is 17.0 Å². The molecule has 2 unspecified atom stereocenters. The van der Waals surface area contributed by atoms with Gasteiger partial charge in [-0.15, -0.1) is 0 Å². The maximum Gasteiger partial charge on any atom is 0.128 e. The van der Waals surface area contributed by atoms with Crippen molar-refractivity contribution in [3.05, 3.63) is 35.4 Å². The quantitative estimate of drug-likeness (QED) is 0.803. The summed E-state index contributed by atoms with van der Waals surface area (Å²) in [6, 6.07) is 3.21. The highest BCUT2D eigenvalue weighted by Crippen LogP contribution is 2.34. The van der Waals surface area contributed by atoms with Crippen LogP contribution in [0.4, 0.5) is 8.78 Å². The third-order valence-corrected chi connectivity index (χ3v) is 3.41. The third-order valence-electron chi connectivity index (χ3n) is 3.41. The molecule has 2 nitrogen and oxygen atoms in total. The first-order valence-corrected chi connectivity index (χ1v) is 7.61. The number of halogens is 2. The maximum absolute atomic E-state index is 14.2. The van der Waals surface area contributed by atoms with Gasteiger partial charge in [0.05, 0.1) is 12.1 Å². The first-order chi connectivity index (χ1) is 9.81. The molecule has 1 N–H and O–H groups in total. The third kappa shape index (κ3) is 5.04. The zero-order chi connectivity index (χ0) is 16.0. The van der Waals surface area contributed by atoms with Gasteiger partial charge in [-0.2, -0.15) is 0 Å². The van der Waals surface area contributed by atoms with Gasteiger partial charge in [0.1, 0.15) is 11.6 Å². The van der Waals surface area contributed by atoms with Gasteiger partial charge in [0, 0.05) is 12.2 Å². The molecule has 2 atom stereocenters. The molecule has 120 valence electrons. The minimum atomic E-state index is -0.432. The van der Waals surface area contributed by atoms with E-state index in [1.54, 1.807) is 0 Å². The molecule has 0 spiro atoms. The number of nitrogens with one attached hydrogen (secondary N) is 1. The predicted octanol–water partition coefficient (Wildman–Crippen LogP) is 4.46. The van der Waals surface area contributed by atoms with Crippen molar-refractivity contribution in [3.63, 3.8) is 0 Å². The molecule has 0 aliphatic rings. The van der Waals surface area contributed by atoms with Crippen LogP contribution in [0.25, 0.3) is 0 Å². The Labute approximate surface area is 126 Å². The molecule has 1 aromatic rings. The van der Waals surface area contributed by atoms with Gasteiger partial charge >= 0.3 is 0 Å². The molecule has 0 aliphatic carbocycles. The second-order valence-electron chi connectivity index (χ2n) is 6.34.